The van der Waals surface area contributed by atoms with Gasteiger partial charge in [0.2, 0.25) is 0 Å². The van der Waals surface area contributed by atoms with Crippen LogP contribution in [0.1, 0.15) is 105 Å². The highest BCUT2D eigenvalue weighted by Crippen LogP contribution is 2.49. The number of hydrogen-bond donors (Lipinski definition) is 0. The molecule has 202 valence electrons. The zero-order valence-corrected chi connectivity index (χ0v) is 26.1. The van der Waals surface area contributed by atoms with Crippen molar-refractivity contribution in [3.8, 4) is 0 Å². The predicted octanol–water partition coefficient (Wildman–Crippen LogP) is 11.7. The predicted molar refractivity (Wildman–Crippen MR) is 171 cm³/mol. The van der Waals surface area contributed by atoms with Crippen molar-refractivity contribution in [1.82, 2.24) is 0 Å². The quantitative estimate of drug-likeness (QED) is 0.309. The fourth-order valence-electron chi connectivity index (χ4n) is 5.82. The molecule has 0 aliphatic rings. The largest absolute Gasteiger partial charge is 0.0622 e. The lowest BCUT2D eigenvalue weighted by Gasteiger charge is -2.35. The maximum Gasteiger partial charge on any atom is -0.0123 e. The van der Waals surface area contributed by atoms with E-state index in [1.54, 1.807) is 0 Å². The Hall–Kier alpha value is -2.86. The molecule has 3 aromatic rings. The van der Waals surface area contributed by atoms with Crippen LogP contribution in [0.2, 0.25) is 0 Å². The Labute approximate surface area is 233 Å². The third-order valence-corrected chi connectivity index (χ3v) is 7.09. The summed E-state index contributed by atoms with van der Waals surface area (Å²) in [5.41, 5.74) is 10.9. The molecule has 0 aromatic heterocycles. The summed E-state index contributed by atoms with van der Waals surface area (Å²) in [5, 5.41) is 0. The van der Waals surface area contributed by atoms with Gasteiger partial charge in [-0.15, -0.1) is 0 Å². The Morgan fingerprint density at radius 1 is 0.289 bits per heavy atom. The van der Waals surface area contributed by atoms with E-state index in [2.05, 4.69) is 168 Å². The topological polar surface area (TPSA) is 0 Å². The van der Waals surface area contributed by atoms with E-state index in [4.69, 9.17) is 0 Å². The summed E-state index contributed by atoms with van der Waals surface area (Å²) >= 11 is 0. The summed E-state index contributed by atoms with van der Waals surface area (Å²) in [6.07, 6.45) is 0. The third-order valence-electron chi connectivity index (χ3n) is 7.09. The molecule has 0 fully saturated rings. The van der Waals surface area contributed by atoms with E-state index in [1.807, 2.05) is 0 Å². The number of allylic oxidation sites excluding steroid dienone is 4. The summed E-state index contributed by atoms with van der Waals surface area (Å²) < 4.78 is 0. The van der Waals surface area contributed by atoms with Gasteiger partial charge in [-0.1, -0.05) is 168 Å². The van der Waals surface area contributed by atoms with Crippen LogP contribution < -0.4 is 0 Å². The van der Waals surface area contributed by atoms with E-state index in [0.717, 1.165) is 0 Å². The van der Waals surface area contributed by atoms with Crippen molar-refractivity contribution in [2.45, 2.75) is 83.1 Å². The van der Waals surface area contributed by atoms with E-state index >= 15 is 0 Å². The van der Waals surface area contributed by atoms with Crippen molar-refractivity contribution >= 4 is 22.3 Å². The second-order valence-electron chi connectivity index (χ2n) is 14.8. The summed E-state index contributed by atoms with van der Waals surface area (Å²) in [4.78, 5) is 0. The van der Waals surface area contributed by atoms with Gasteiger partial charge < -0.3 is 0 Å². The second-order valence-corrected chi connectivity index (χ2v) is 14.8. The molecule has 0 heteroatoms. The van der Waals surface area contributed by atoms with Gasteiger partial charge in [-0.25, -0.2) is 0 Å². The SMILES string of the molecule is CC(C)(C)/C(=C(\c1ccc(/C(=C(/c2ccccc2)C(C)(C)C)C(C)(C)C)cc1)C(C)(C)C)c1ccccc1. The van der Waals surface area contributed by atoms with Crippen molar-refractivity contribution in [2.75, 3.05) is 0 Å². The molecule has 3 rings (SSSR count). The van der Waals surface area contributed by atoms with Crippen LogP contribution in [-0.2, 0) is 0 Å². The first-order valence-corrected chi connectivity index (χ1v) is 14.1. The van der Waals surface area contributed by atoms with Gasteiger partial charge >= 0.3 is 0 Å². The average Bonchev–Trinajstić information content (AvgIpc) is 2.79. The van der Waals surface area contributed by atoms with Gasteiger partial charge in [0.1, 0.15) is 0 Å². The zero-order chi connectivity index (χ0) is 28.5. The fraction of sp³-hybridized carbons (Fsp3) is 0.421. The standard InChI is InChI=1S/C38H50/c1-35(2,3)31(27-19-15-13-16-20-27)33(37(7,8)9)29-23-25-30(26-24-29)34(38(10,11)12)32(36(4,5)6)28-21-17-14-18-22-28/h13-26H,1-12H3/b33-31+,34-32+. The molecule has 0 unspecified atom stereocenters. The molecule has 38 heavy (non-hydrogen) atoms. The van der Waals surface area contributed by atoms with Gasteiger partial charge in [0, 0.05) is 0 Å². The highest BCUT2D eigenvalue weighted by atomic mass is 14.4. The Balaban J connectivity index is 2.34. The highest BCUT2D eigenvalue weighted by Gasteiger charge is 2.32. The molecule has 0 radical (unpaired) electrons. The van der Waals surface area contributed by atoms with Crippen molar-refractivity contribution < 1.29 is 0 Å². The average molecular weight is 507 g/mol. The number of hydrogen-bond acceptors (Lipinski definition) is 0. The minimum absolute atomic E-state index is 0.00578. The van der Waals surface area contributed by atoms with Gasteiger partial charge in [-0.2, -0.15) is 0 Å². The molecular formula is C38H50. The number of benzene rings is 3. The van der Waals surface area contributed by atoms with Crippen molar-refractivity contribution in [3.63, 3.8) is 0 Å². The van der Waals surface area contributed by atoms with E-state index in [9.17, 15) is 0 Å². The highest BCUT2D eigenvalue weighted by molar-refractivity contribution is 5.97. The molecule has 0 amide bonds. The first kappa shape index (κ1) is 29.7. The second kappa shape index (κ2) is 10.7. The molecule has 0 atom stereocenters. The van der Waals surface area contributed by atoms with Crippen LogP contribution in [0.3, 0.4) is 0 Å². The molecule has 0 aliphatic carbocycles. The summed E-state index contributed by atoms with van der Waals surface area (Å²) in [7, 11) is 0. The smallest absolute Gasteiger partial charge is 0.0123 e. The van der Waals surface area contributed by atoms with Crippen LogP contribution >= 0.6 is 0 Å². The van der Waals surface area contributed by atoms with E-state index in [-0.39, 0.29) is 21.7 Å². The fourth-order valence-corrected chi connectivity index (χ4v) is 5.82. The molecule has 3 aromatic carbocycles. The molecule has 0 N–H and O–H groups in total. The lowest BCUT2D eigenvalue weighted by atomic mass is 9.69. The van der Waals surface area contributed by atoms with Crippen molar-refractivity contribution in [2.24, 2.45) is 21.7 Å². The van der Waals surface area contributed by atoms with E-state index in [0.29, 0.717) is 0 Å². The van der Waals surface area contributed by atoms with Crippen LogP contribution in [0.15, 0.2) is 84.9 Å². The molecule has 0 saturated heterocycles. The Bertz CT molecular complexity index is 1160. The van der Waals surface area contributed by atoms with Crippen molar-refractivity contribution in [3.05, 3.63) is 107 Å². The lowest BCUT2D eigenvalue weighted by Crippen LogP contribution is -2.19. The van der Waals surface area contributed by atoms with Gasteiger partial charge in [0.15, 0.2) is 0 Å². The molecular weight excluding hydrogens is 456 g/mol. The van der Waals surface area contributed by atoms with E-state index in [1.165, 1.54) is 44.5 Å². The Morgan fingerprint density at radius 3 is 0.658 bits per heavy atom. The van der Waals surface area contributed by atoms with Gasteiger partial charge in [-0.3, -0.25) is 0 Å². The summed E-state index contributed by atoms with van der Waals surface area (Å²) in [6.45, 7) is 28.1. The molecule has 0 saturated carbocycles. The zero-order valence-electron chi connectivity index (χ0n) is 26.1. The Morgan fingerprint density at radius 2 is 0.474 bits per heavy atom. The van der Waals surface area contributed by atoms with Gasteiger partial charge in [0.25, 0.3) is 0 Å². The summed E-state index contributed by atoms with van der Waals surface area (Å²) in [6, 6.07) is 31.3. The molecule has 0 nitrogen and oxygen atoms in total. The monoisotopic (exact) mass is 506 g/mol. The molecule has 0 spiro atoms. The molecule has 0 bridgehead atoms. The Kier molecular flexibility index (Phi) is 8.38. The number of rotatable bonds is 4. The third kappa shape index (κ3) is 6.76. The summed E-state index contributed by atoms with van der Waals surface area (Å²) in [5.74, 6) is 0. The maximum absolute atomic E-state index is 2.36. The van der Waals surface area contributed by atoms with Gasteiger partial charge in [0.05, 0.1) is 0 Å². The first-order valence-electron chi connectivity index (χ1n) is 14.1. The minimum Gasteiger partial charge on any atom is -0.0622 e. The van der Waals surface area contributed by atoms with Crippen LogP contribution in [0, 0.1) is 21.7 Å². The van der Waals surface area contributed by atoms with Crippen molar-refractivity contribution in [1.29, 1.82) is 0 Å². The molecule has 0 aliphatic heterocycles. The molecule has 0 heterocycles. The van der Waals surface area contributed by atoms with Crippen LogP contribution in [0.4, 0.5) is 0 Å². The maximum atomic E-state index is 2.36. The van der Waals surface area contributed by atoms with E-state index < -0.39 is 0 Å². The van der Waals surface area contributed by atoms with Gasteiger partial charge in [-0.05, 0) is 66.2 Å². The van der Waals surface area contributed by atoms with Crippen LogP contribution in [0.25, 0.3) is 22.3 Å². The minimum atomic E-state index is -0.0106. The van der Waals surface area contributed by atoms with Crippen LogP contribution in [-0.4, -0.2) is 0 Å². The normalized spacial score (nSPS) is 14.6. The first-order chi connectivity index (χ1) is 17.4. The van der Waals surface area contributed by atoms with Crippen LogP contribution in [0.5, 0.6) is 0 Å². The lowest BCUT2D eigenvalue weighted by molar-refractivity contribution is 0.534.